The first kappa shape index (κ1) is 21.6. The van der Waals surface area contributed by atoms with Gasteiger partial charge in [-0.05, 0) is 67.8 Å². The highest BCUT2D eigenvalue weighted by Crippen LogP contribution is 2.36. The van der Waals surface area contributed by atoms with Crippen LogP contribution in [0.3, 0.4) is 0 Å². The van der Waals surface area contributed by atoms with Gasteiger partial charge in [0.15, 0.2) is 0 Å². The molecule has 0 spiro atoms. The van der Waals surface area contributed by atoms with Crippen molar-refractivity contribution >= 4 is 18.7 Å². The minimum absolute atomic E-state index is 0.418. The summed E-state index contributed by atoms with van der Waals surface area (Å²) in [6.07, 6.45) is -0.438. The highest BCUT2D eigenvalue weighted by atomic mass is 16.7. The Balaban J connectivity index is 2.02. The Labute approximate surface area is 173 Å². The molecule has 0 radical (unpaired) electrons. The Hall–Kier alpha value is -2.12. The molecule has 0 amide bonds. The summed E-state index contributed by atoms with van der Waals surface area (Å²) in [6, 6.07) is 7.87. The molecule has 7 heteroatoms. The molecule has 0 unspecified atom stereocenters. The van der Waals surface area contributed by atoms with Gasteiger partial charge in [0.25, 0.3) is 0 Å². The third-order valence-electron chi connectivity index (χ3n) is 5.48. The molecule has 1 saturated heterocycles. The second-order valence-electron chi connectivity index (χ2n) is 9.62. The van der Waals surface area contributed by atoms with Crippen LogP contribution in [0.15, 0.2) is 24.3 Å². The van der Waals surface area contributed by atoms with Crippen molar-refractivity contribution in [1.82, 2.24) is 9.55 Å². The number of benzene rings is 1. The standard InChI is InChI=1S/C22H31BN2O4/c1-14-18(25(15(2)24-14)19(26)27-20(3,4)5)16-11-10-12-17(13-16)23-28-21(6,7)22(8,9)29-23/h10-13H,1-9H3. The molecular weight excluding hydrogens is 367 g/mol. The maximum absolute atomic E-state index is 12.9. The summed E-state index contributed by atoms with van der Waals surface area (Å²) in [4.78, 5) is 17.4. The highest BCUT2D eigenvalue weighted by molar-refractivity contribution is 6.62. The molecule has 2 aromatic rings. The van der Waals surface area contributed by atoms with Gasteiger partial charge in [-0.15, -0.1) is 0 Å². The van der Waals surface area contributed by atoms with Crippen molar-refractivity contribution in [3.8, 4) is 11.3 Å². The number of nitrogens with zero attached hydrogens (tertiary/aromatic N) is 2. The molecule has 0 bridgehead atoms. The quantitative estimate of drug-likeness (QED) is 0.708. The number of carbonyl (C=O) groups is 1. The summed E-state index contributed by atoms with van der Waals surface area (Å²) >= 11 is 0. The van der Waals surface area contributed by atoms with Crippen molar-refractivity contribution in [2.75, 3.05) is 0 Å². The second-order valence-corrected chi connectivity index (χ2v) is 9.62. The van der Waals surface area contributed by atoms with Crippen LogP contribution in [0.25, 0.3) is 11.3 Å². The molecule has 156 valence electrons. The van der Waals surface area contributed by atoms with E-state index in [-0.39, 0.29) is 0 Å². The number of aryl methyl sites for hydroxylation is 2. The number of hydrogen-bond donors (Lipinski definition) is 0. The summed E-state index contributed by atoms with van der Waals surface area (Å²) in [5.74, 6) is 0.591. The maximum atomic E-state index is 12.9. The van der Waals surface area contributed by atoms with Gasteiger partial charge in [0.2, 0.25) is 0 Å². The van der Waals surface area contributed by atoms with Gasteiger partial charge in [0, 0.05) is 5.56 Å². The van der Waals surface area contributed by atoms with Gasteiger partial charge in [-0.2, -0.15) is 0 Å². The van der Waals surface area contributed by atoms with Gasteiger partial charge in [-0.3, -0.25) is 0 Å². The van der Waals surface area contributed by atoms with Crippen molar-refractivity contribution in [3.05, 3.63) is 35.8 Å². The van der Waals surface area contributed by atoms with E-state index in [9.17, 15) is 4.79 Å². The summed E-state index contributed by atoms with van der Waals surface area (Å²) in [5, 5.41) is 0. The minimum Gasteiger partial charge on any atom is -0.443 e. The van der Waals surface area contributed by atoms with Gasteiger partial charge in [-0.25, -0.2) is 14.3 Å². The van der Waals surface area contributed by atoms with Crippen LogP contribution < -0.4 is 5.46 Å². The van der Waals surface area contributed by atoms with Crippen LogP contribution in [0.2, 0.25) is 0 Å². The van der Waals surface area contributed by atoms with E-state index in [1.165, 1.54) is 4.57 Å². The average Bonchev–Trinajstić information content (AvgIpc) is 2.97. The first-order valence-electron chi connectivity index (χ1n) is 9.97. The Morgan fingerprint density at radius 2 is 1.69 bits per heavy atom. The van der Waals surface area contributed by atoms with E-state index in [0.717, 1.165) is 22.4 Å². The fraction of sp³-hybridized carbons (Fsp3) is 0.545. The van der Waals surface area contributed by atoms with E-state index in [1.54, 1.807) is 6.92 Å². The summed E-state index contributed by atoms with van der Waals surface area (Å²) in [6.45, 7) is 17.4. The maximum Gasteiger partial charge on any atom is 0.494 e. The van der Waals surface area contributed by atoms with Gasteiger partial charge in [0.1, 0.15) is 11.4 Å². The first-order chi connectivity index (χ1) is 13.2. The molecule has 0 atom stereocenters. The zero-order valence-corrected chi connectivity index (χ0v) is 18.9. The number of rotatable bonds is 2. The van der Waals surface area contributed by atoms with Crippen LogP contribution in [0, 0.1) is 13.8 Å². The number of hydrogen-bond acceptors (Lipinski definition) is 5. The van der Waals surface area contributed by atoms with E-state index < -0.39 is 30.0 Å². The molecule has 0 aliphatic carbocycles. The molecule has 0 N–H and O–H groups in total. The molecule has 1 aromatic carbocycles. The van der Waals surface area contributed by atoms with E-state index >= 15 is 0 Å². The van der Waals surface area contributed by atoms with Crippen molar-refractivity contribution in [3.63, 3.8) is 0 Å². The van der Waals surface area contributed by atoms with Crippen LogP contribution in [0.4, 0.5) is 4.79 Å². The second kappa shape index (κ2) is 6.99. The number of imidazole rings is 1. The number of carbonyl (C=O) groups excluding carboxylic acids is 1. The molecule has 1 aromatic heterocycles. The number of aromatic nitrogens is 2. The lowest BCUT2D eigenvalue weighted by Gasteiger charge is -2.32. The molecule has 2 heterocycles. The largest absolute Gasteiger partial charge is 0.494 e. The van der Waals surface area contributed by atoms with Crippen molar-refractivity contribution < 1.29 is 18.8 Å². The van der Waals surface area contributed by atoms with Crippen molar-refractivity contribution in [1.29, 1.82) is 0 Å². The highest BCUT2D eigenvalue weighted by Gasteiger charge is 2.51. The first-order valence-corrected chi connectivity index (χ1v) is 9.97. The lowest BCUT2D eigenvalue weighted by molar-refractivity contribution is 0.00578. The van der Waals surface area contributed by atoms with Gasteiger partial charge in [-0.1, -0.05) is 24.3 Å². The van der Waals surface area contributed by atoms with E-state index in [2.05, 4.69) is 4.98 Å². The SMILES string of the molecule is Cc1nc(C)n(C(=O)OC(C)(C)C)c1-c1cccc(B2OC(C)(C)C(C)(C)O2)c1. The predicted molar refractivity (Wildman–Crippen MR) is 114 cm³/mol. The normalized spacial score (nSPS) is 18.2. The summed E-state index contributed by atoms with van der Waals surface area (Å²) < 4.78 is 19.5. The average molecular weight is 398 g/mol. The van der Waals surface area contributed by atoms with E-state index in [1.807, 2.05) is 79.7 Å². The van der Waals surface area contributed by atoms with Gasteiger partial charge >= 0.3 is 13.2 Å². The Kier molecular flexibility index (Phi) is 5.20. The monoisotopic (exact) mass is 398 g/mol. The van der Waals surface area contributed by atoms with Gasteiger partial charge in [0.05, 0.1) is 22.6 Å². The van der Waals surface area contributed by atoms with Crippen LogP contribution in [0.1, 0.15) is 60.0 Å². The van der Waals surface area contributed by atoms with Crippen LogP contribution in [-0.4, -0.2) is 39.6 Å². The lowest BCUT2D eigenvalue weighted by Crippen LogP contribution is -2.41. The molecule has 1 aliphatic rings. The third-order valence-corrected chi connectivity index (χ3v) is 5.48. The van der Waals surface area contributed by atoms with Crippen LogP contribution in [-0.2, 0) is 14.0 Å². The third kappa shape index (κ3) is 4.12. The summed E-state index contributed by atoms with van der Waals surface area (Å²) in [7, 11) is -0.473. The van der Waals surface area contributed by atoms with Crippen LogP contribution >= 0.6 is 0 Å². The Morgan fingerprint density at radius 3 is 2.24 bits per heavy atom. The van der Waals surface area contributed by atoms with Gasteiger partial charge < -0.3 is 14.0 Å². The Bertz CT molecular complexity index is 925. The topological polar surface area (TPSA) is 62.6 Å². The lowest BCUT2D eigenvalue weighted by atomic mass is 9.78. The molecule has 29 heavy (non-hydrogen) atoms. The zero-order chi connectivity index (χ0) is 21.8. The molecular formula is C22H31BN2O4. The molecule has 3 rings (SSSR count). The molecule has 1 fully saturated rings. The molecule has 0 saturated carbocycles. The Morgan fingerprint density at radius 1 is 1.10 bits per heavy atom. The zero-order valence-electron chi connectivity index (χ0n) is 18.9. The fourth-order valence-corrected chi connectivity index (χ4v) is 3.35. The van der Waals surface area contributed by atoms with E-state index in [0.29, 0.717) is 5.82 Å². The van der Waals surface area contributed by atoms with E-state index in [4.69, 9.17) is 14.0 Å². The predicted octanol–water partition coefficient (Wildman–Crippen LogP) is 4.25. The summed E-state index contributed by atoms with van der Waals surface area (Å²) in [5.41, 5.74) is 1.81. The van der Waals surface area contributed by atoms with Crippen molar-refractivity contribution in [2.45, 2.75) is 79.1 Å². The smallest absolute Gasteiger partial charge is 0.443 e. The number of ether oxygens (including phenoxy) is 1. The molecule has 6 nitrogen and oxygen atoms in total. The fourth-order valence-electron chi connectivity index (χ4n) is 3.35. The van der Waals surface area contributed by atoms with Crippen molar-refractivity contribution in [2.24, 2.45) is 0 Å². The molecule has 1 aliphatic heterocycles. The minimum atomic E-state index is -0.594. The van der Waals surface area contributed by atoms with Crippen LogP contribution in [0.5, 0.6) is 0 Å².